The predicted molar refractivity (Wildman–Crippen MR) is 73.8 cm³/mol. The van der Waals surface area contributed by atoms with E-state index in [1.165, 1.54) is 19.3 Å². The third-order valence-corrected chi connectivity index (χ3v) is 4.63. The Morgan fingerprint density at radius 1 is 1.28 bits per heavy atom. The van der Waals surface area contributed by atoms with Crippen LogP contribution in [0.2, 0.25) is 0 Å². The summed E-state index contributed by atoms with van der Waals surface area (Å²) in [5, 5.41) is 3.07. The number of amides is 1. The van der Waals surface area contributed by atoms with Crippen molar-refractivity contribution < 1.29 is 9.53 Å². The zero-order chi connectivity index (χ0) is 12.4. The molecule has 1 heterocycles. The molecule has 2 rings (SSSR count). The predicted octanol–water partition coefficient (Wildman–Crippen LogP) is 1.61. The summed E-state index contributed by atoms with van der Waals surface area (Å²) >= 11 is 0. The number of carbonyl (C=O) groups is 1. The smallest absolute Gasteiger partial charge is 0.240 e. The van der Waals surface area contributed by atoms with E-state index in [-0.39, 0.29) is 18.3 Å². The zero-order valence-corrected chi connectivity index (χ0v) is 12.0. The lowest BCUT2D eigenvalue weighted by Crippen LogP contribution is -2.58. The van der Waals surface area contributed by atoms with Crippen molar-refractivity contribution in [3.63, 3.8) is 0 Å². The standard InChI is InChI=1S/C13H24N2O2.ClH/c1-2-12(4-3-5-12)10-15-11(16)13(14)6-8-17-9-7-13;/h2-10,14H2,1H3,(H,15,16);1H. The number of rotatable bonds is 4. The Labute approximate surface area is 115 Å². The highest BCUT2D eigenvalue weighted by atomic mass is 35.5. The number of nitrogens with one attached hydrogen (secondary N) is 1. The Balaban J connectivity index is 0.00000162. The van der Waals surface area contributed by atoms with Gasteiger partial charge in [0.05, 0.1) is 5.54 Å². The van der Waals surface area contributed by atoms with Crippen LogP contribution in [0.5, 0.6) is 0 Å². The first-order chi connectivity index (χ1) is 8.10. The van der Waals surface area contributed by atoms with Crippen LogP contribution in [0, 0.1) is 5.41 Å². The highest BCUT2D eigenvalue weighted by Gasteiger charge is 2.39. The first-order valence-electron chi connectivity index (χ1n) is 6.75. The van der Waals surface area contributed by atoms with E-state index in [4.69, 9.17) is 10.5 Å². The molecule has 1 aliphatic heterocycles. The molecule has 2 fully saturated rings. The molecule has 2 aliphatic rings. The Morgan fingerprint density at radius 2 is 1.89 bits per heavy atom. The van der Waals surface area contributed by atoms with E-state index in [2.05, 4.69) is 12.2 Å². The van der Waals surface area contributed by atoms with Crippen LogP contribution in [0.25, 0.3) is 0 Å². The fourth-order valence-corrected chi connectivity index (χ4v) is 2.74. The number of hydrogen-bond donors (Lipinski definition) is 2. The Morgan fingerprint density at radius 3 is 2.33 bits per heavy atom. The first kappa shape index (κ1) is 15.7. The molecule has 106 valence electrons. The molecule has 0 aromatic rings. The summed E-state index contributed by atoms with van der Waals surface area (Å²) in [6, 6.07) is 0. The average Bonchev–Trinajstić information content (AvgIpc) is 2.29. The van der Waals surface area contributed by atoms with Crippen LogP contribution in [0.1, 0.15) is 45.4 Å². The summed E-state index contributed by atoms with van der Waals surface area (Å²) in [5.41, 5.74) is 5.80. The van der Waals surface area contributed by atoms with E-state index < -0.39 is 5.54 Å². The van der Waals surface area contributed by atoms with Crippen molar-refractivity contribution in [3.8, 4) is 0 Å². The SMILES string of the molecule is CCC1(CNC(=O)C2(N)CCOCC2)CCC1.Cl. The Hall–Kier alpha value is -0.320. The third kappa shape index (κ3) is 3.16. The quantitative estimate of drug-likeness (QED) is 0.820. The Kier molecular flexibility index (Phi) is 5.44. The largest absolute Gasteiger partial charge is 0.381 e. The van der Waals surface area contributed by atoms with Gasteiger partial charge >= 0.3 is 0 Å². The summed E-state index contributed by atoms with van der Waals surface area (Å²) in [6.45, 7) is 4.20. The molecule has 0 unspecified atom stereocenters. The van der Waals surface area contributed by atoms with Crippen molar-refractivity contribution in [2.75, 3.05) is 19.8 Å². The number of ether oxygens (including phenoxy) is 1. The molecule has 4 nitrogen and oxygen atoms in total. The van der Waals surface area contributed by atoms with E-state index in [9.17, 15) is 4.79 Å². The zero-order valence-electron chi connectivity index (χ0n) is 11.2. The molecule has 0 spiro atoms. The van der Waals surface area contributed by atoms with Crippen molar-refractivity contribution in [2.45, 2.75) is 51.0 Å². The van der Waals surface area contributed by atoms with Crippen molar-refractivity contribution in [1.82, 2.24) is 5.32 Å². The fraction of sp³-hybridized carbons (Fsp3) is 0.923. The van der Waals surface area contributed by atoms with Crippen LogP contribution >= 0.6 is 12.4 Å². The van der Waals surface area contributed by atoms with Gasteiger partial charge in [-0.3, -0.25) is 4.79 Å². The molecule has 18 heavy (non-hydrogen) atoms. The highest BCUT2D eigenvalue weighted by molar-refractivity contribution is 5.86. The lowest BCUT2D eigenvalue weighted by atomic mass is 9.67. The highest BCUT2D eigenvalue weighted by Crippen LogP contribution is 2.43. The third-order valence-electron chi connectivity index (χ3n) is 4.63. The molecule has 0 aromatic heterocycles. The van der Waals surface area contributed by atoms with Gasteiger partial charge in [0.1, 0.15) is 0 Å². The molecular weight excluding hydrogens is 252 g/mol. The molecule has 1 amide bonds. The van der Waals surface area contributed by atoms with Gasteiger partial charge in [0.25, 0.3) is 0 Å². The van der Waals surface area contributed by atoms with E-state index >= 15 is 0 Å². The maximum atomic E-state index is 12.1. The van der Waals surface area contributed by atoms with Gasteiger partial charge in [0, 0.05) is 19.8 Å². The van der Waals surface area contributed by atoms with Crippen LogP contribution in [0.4, 0.5) is 0 Å². The van der Waals surface area contributed by atoms with Crippen molar-refractivity contribution in [1.29, 1.82) is 0 Å². The average molecular weight is 277 g/mol. The normalized spacial score (nSPS) is 24.6. The molecule has 0 radical (unpaired) electrons. The summed E-state index contributed by atoms with van der Waals surface area (Å²) in [5.74, 6) is 0.0144. The van der Waals surface area contributed by atoms with Gasteiger partial charge in [-0.1, -0.05) is 13.3 Å². The Bertz CT molecular complexity index is 281. The van der Waals surface area contributed by atoms with Gasteiger partial charge in [-0.05, 0) is 37.5 Å². The minimum absolute atomic E-state index is 0. The number of hydrogen-bond acceptors (Lipinski definition) is 3. The van der Waals surface area contributed by atoms with Crippen LogP contribution in [0.15, 0.2) is 0 Å². The fourth-order valence-electron chi connectivity index (χ4n) is 2.74. The maximum absolute atomic E-state index is 12.1. The van der Waals surface area contributed by atoms with Gasteiger partial charge in [-0.15, -0.1) is 12.4 Å². The van der Waals surface area contributed by atoms with Crippen LogP contribution in [-0.2, 0) is 9.53 Å². The lowest BCUT2D eigenvalue weighted by Gasteiger charge is -2.42. The minimum atomic E-state index is -0.697. The molecule has 0 aromatic carbocycles. The molecular formula is C13H25ClN2O2. The summed E-state index contributed by atoms with van der Waals surface area (Å²) in [4.78, 5) is 12.1. The summed E-state index contributed by atoms with van der Waals surface area (Å²) in [6.07, 6.45) is 6.20. The molecule has 0 atom stereocenters. The molecule has 1 aliphatic carbocycles. The van der Waals surface area contributed by atoms with Gasteiger partial charge in [-0.25, -0.2) is 0 Å². The molecule has 0 bridgehead atoms. The molecule has 1 saturated heterocycles. The first-order valence-corrected chi connectivity index (χ1v) is 6.75. The lowest BCUT2D eigenvalue weighted by molar-refractivity contribution is -0.130. The van der Waals surface area contributed by atoms with Crippen LogP contribution in [0.3, 0.4) is 0 Å². The second-order valence-corrected chi connectivity index (χ2v) is 5.66. The monoisotopic (exact) mass is 276 g/mol. The minimum Gasteiger partial charge on any atom is -0.381 e. The maximum Gasteiger partial charge on any atom is 0.240 e. The van der Waals surface area contributed by atoms with E-state index in [1.54, 1.807) is 0 Å². The molecule has 1 saturated carbocycles. The van der Waals surface area contributed by atoms with Crippen molar-refractivity contribution in [2.24, 2.45) is 11.1 Å². The second kappa shape index (κ2) is 6.22. The molecule has 5 heteroatoms. The van der Waals surface area contributed by atoms with Gasteiger partial charge in [0.2, 0.25) is 5.91 Å². The van der Waals surface area contributed by atoms with Crippen molar-refractivity contribution in [3.05, 3.63) is 0 Å². The number of halogens is 1. The van der Waals surface area contributed by atoms with Crippen LogP contribution in [-0.4, -0.2) is 31.2 Å². The van der Waals surface area contributed by atoms with Gasteiger partial charge in [0.15, 0.2) is 0 Å². The molecule has 3 N–H and O–H groups in total. The van der Waals surface area contributed by atoms with Gasteiger partial charge in [-0.2, -0.15) is 0 Å². The summed E-state index contributed by atoms with van der Waals surface area (Å²) in [7, 11) is 0. The van der Waals surface area contributed by atoms with Crippen molar-refractivity contribution >= 4 is 18.3 Å². The van der Waals surface area contributed by atoms with E-state index in [0.29, 0.717) is 31.5 Å². The van der Waals surface area contributed by atoms with E-state index in [1.807, 2.05) is 0 Å². The number of carbonyl (C=O) groups excluding carboxylic acids is 1. The topological polar surface area (TPSA) is 64.4 Å². The van der Waals surface area contributed by atoms with Crippen LogP contribution < -0.4 is 11.1 Å². The summed E-state index contributed by atoms with van der Waals surface area (Å²) < 4.78 is 5.25. The second-order valence-electron chi connectivity index (χ2n) is 5.66. The van der Waals surface area contributed by atoms with E-state index in [0.717, 1.165) is 13.0 Å². The van der Waals surface area contributed by atoms with Gasteiger partial charge < -0.3 is 15.8 Å². The number of nitrogens with two attached hydrogens (primary N) is 1.